The second-order valence-corrected chi connectivity index (χ2v) is 5.32. The first-order valence-corrected chi connectivity index (χ1v) is 6.45. The normalized spacial score (nSPS) is 13.9. The average molecular weight is 288 g/mol. The van der Waals surface area contributed by atoms with Crippen LogP contribution < -0.4 is 0 Å². The Balaban J connectivity index is 2.60. The van der Waals surface area contributed by atoms with Crippen LogP contribution in [0.5, 0.6) is 0 Å². The van der Waals surface area contributed by atoms with Crippen molar-refractivity contribution in [2.24, 2.45) is 0 Å². The summed E-state index contributed by atoms with van der Waals surface area (Å²) in [6.07, 6.45) is 0. The molecule has 0 bridgehead atoms. The number of Topliss-reactive ketones (excluding diaryl/α,β-unsaturated/α-hetero) is 2. The molecule has 0 saturated carbocycles. The fraction of sp³-hybridized carbons (Fsp3) is 0.333. The van der Waals surface area contributed by atoms with Gasteiger partial charge in [0.2, 0.25) is 0 Å². The first kappa shape index (κ1) is 15.1. The summed E-state index contributed by atoms with van der Waals surface area (Å²) in [5, 5.41) is 0. The maximum Gasteiger partial charge on any atom is 0.262 e. The lowest BCUT2D eigenvalue weighted by atomic mass is 9.95. The van der Waals surface area contributed by atoms with Gasteiger partial charge in [-0.05, 0) is 40.1 Å². The highest BCUT2D eigenvalue weighted by atomic mass is 16.2. The van der Waals surface area contributed by atoms with Crippen molar-refractivity contribution < 1.29 is 19.2 Å². The van der Waals surface area contributed by atoms with E-state index in [0.29, 0.717) is 0 Å². The third-order valence-corrected chi connectivity index (χ3v) is 3.29. The van der Waals surface area contributed by atoms with Gasteiger partial charge in [-0.1, -0.05) is 0 Å². The first-order chi connectivity index (χ1) is 9.73. The summed E-state index contributed by atoms with van der Waals surface area (Å²) < 4.78 is 0. The van der Waals surface area contributed by atoms with Gasteiger partial charge in [0, 0.05) is 11.1 Å². The zero-order valence-corrected chi connectivity index (χ0v) is 12.4. The molecule has 1 heterocycles. The third kappa shape index (κ3) is 2.50. The smallest absolute Gasteiger partial charge is 0.262 e. The van der Waals surface area contributed by atoms with E-state index in [1.165, 1.54) is 26.0 Å². The number of ketones is 2. The molecule has 6 heteroatoms. The maximum absolute atomic E-state index is 12.3. The number of hydrogen-bond acceptors (Lipinski definition) is 5. The van der Waals surface area contributed by atoms with E-state index in [2.05, 4.69) is 0 Å². The summed E-state index contributed by atoms with van der Waals surface area (Å²) in [5.74, 6) is -1.51. The highest BCUT2D eigenvalue weighted by Crippen LogP contribution is 2.27. The third-order valence-electron chi connectivity index (χ3n) is 3.29. The summed E-state index contributed by atoms with van der Waals surface area (Å²) in [6.45, 7) is 2.80. The largest absolute Gasteiger partial charge is 0.294 e. The SMILES string of the molecule is CC(=O)c1cc2c(cc1C(C)=O)C(=O)N(CN(C)C)C2=O. The van der Waals surface area contributed by atoms with Crippen LogP contribution in [0.15, 0.2) is 12.1 Å². The minimum absolute atomic E-state index is 0.150. The Morgan fingerprint density at radius 1 is 0.952 bits per heavy atom. The van der Waals surface area contributed by atoms with Crippen LogP contribution in [0.4, 0.5) is 0 Å². The molecule has 0 aromatic heterocycles. The molecular weight excluding hydrogens is 272 g/mol. The van der Waals surface area contributed by atoms with Crippen molar-refractivity contribution in [2.45, 2.75) is 13.8 Å². The maximum atomic E-state index is 12.3. The highest BCUT2D eigenvalue weighted by Gasteiger charge is 2.37. The molecule has 0 radical (unpaired) electrons. The molecule has 110 valence electrons. The van der Waals surface area contributed by atoms with Crippen LogP contribution in [0.25, 0.3) is 0 Å². The molecule has 0 atom stereocenters. The Kier molecular flexibility index (Phi) is 3.74. The van der Waals surface area contributed by atoms with E-state index in [1.54, 1.807) is 19.0 Å². The quantitative estimate of drug-likeness (QED) is 0.615. The van der Waals surface area contributed by atoms with Gasteiger partial charge in [-0.15, -0.1) is 0 Å². The first-order valence-electron chi connectivity index (χ1n) is 6.45. The zero-order chi connectivity index (χ0) is 15.9. The number of hydrogen-bond donors (Lipinski definition) is 0. The molecule has 6 nitrogen and oxygen atoms in total. The summed E-state index contributed by atoms with van der Waals surface area (Å²) >= 11 is 0. The topological polar surface area (TPSA) is 74.8 Å². The number of imide groups is 1. The molecule has 1 aromatic carbocycles. The van der Waals surface area contributed by atoms with E-state index >= 15 is 0 Å². The molecule has 0 unspecified atom stereocenters. The molecule has 0 aliphatic carbocycles. The molecule has 0 N–H and O–H groups in total. The number of nitrogens with zero attached hydrogens (tertiary/aromatic N) is 2. The second kappa shape index (κ2) is 5.21. The molecule has 0 spiro atoms. The summed E-state index contributed by atoms with van der Waals surface area (Å²) in [5.41, 5.74) is 0.706. The predicted octanol–water partition coefficient (Wildman–Crippen LogP) is 1.21. The van der Waals surface area contributed by atoms with Crippen LogP contribution in [-0.2, 0) is 0 Å². The van der Waals surface area contributed by atoms with Gasteiger partial charge in [0.1, 0.15) is 0 Å². The number of amides is 2. The van der Waals surface area contributed by atoms with E-state index in [0.717, 1.165) is 4.90 Å². The molecular formula is C15H16N2O4. The van der Waals surface area contributed by atoms with E-state index < -0.39 is 11.8 Å². The number of carbonyl (C=O) groups is 4. The van der Waals surface area contributed by atoms with Gasteiger partial charge in [-0.25, -0.2) is 0 Å². The fourth-order valence-corrected chi connectivity index (χ4v) is 2.33. The number of fused-ring (bicyclic) bond motifs is 1. The molecule has 0 fully saturated rings. The molecule has 21 heavy (non-hydrogen) atoms. The zero-order valence-electron chi connectivity index (χ0n) is 12.4. The van der Waals surface area contributed by atoms with E-state index in [-0.39, 0.29) is 40.5 Å². The van der Waals surface area contributed by atoms with Crippen LogP contribution in [-0.4, -0.2) is 53.9 Å². The Bertz CT molecular complexity index is 623. The number of carbonyl (C=O) groups excluding carboxylic acids is 4. The van der Waals surface area contributed by atoms with Crippen LogP contribution in [0.3, 0.4) is 0 Å². The van der Waals surface area contributed by atoms with Gasteiger partial charge in [0.05, 0.1) is 17.8 Å². The Labute approximate surface area is 122 Å². The predicted molar refractivity (Wildman–Crippen MR) is 75.5 cm³/mol. The molecule has 2 rings (SSSR count). The molecule has 0 saturated heterocycles. The standard InChI is InChI=1S/C15H16N2O4/c1-8(18)10-5-12-13(6-11(10)9(2)19)15(21)17(14(12)20)7-16(3)4/h5-6H,7H2,1-4H3. The van der Waals surface area contributed by atoms with Gasteiger partial charge in [-0.2, -0.15) is 0 Å². The number of rotatable bonds is 4. The van der Waals surface area contributed by atoms with Crippen molar-refractivity contribution >= 4 is 23.4 Å². The second-order valence-electron chi connectivity index (χ2n) is 5.32. The summed E-state index contributed by atoms with van der Waals surface area (Å²) in [7, 11) is 3.48. The van der Waals surface area contributed by atoms with Crippen molar-refractivity contribution in [1.29, 1.82) is 0 Å². The lowest BCUT2D eigenvalue weighted by molar-refractivity contribution is 0.0583. The van der Waals surface area contributed by atoms with Crippen molar-refractivity contribution in [3.05, 3.63) is 34.4 Å². The van der Waals surface area contributed by atoms with Gasteiger partial charge < -0.3 is 0 Å². The van der Waals surface area contributed by atoms with Crippen LogP contribution in [0, 0.1) is 0 Å². The van der Waals surface area contributed by atoms with Crippen molar-refractivity contribution in [3.8, 4) is 0 Å². The minimum Gasteiger partial charge on any atom is -0.294 e. The fourth-order valence-electron chi connectivity index (χ4n) is 2.33. The van der Waals surface area contributed by atoms with Crippen LogP contribution >= 0.6 is 0 Å². The molecule has 1 aliphatic heterocycles. The van der Waals surface area contributed by atoms with Gasteiger partial charge in [0.25, 0.3) is 11.8 Å². The van der Waals surface area contributed by atoms with Crippen molar-refractivity contribution in [2.75, 3.05) is 20.8 Å². The summed E-state index contributed by atoms with van der Waals surface area (Å²) in [4.78, 5) is 50.6. The Hall–Kier alpha value is -2.34. The van der Waals surface area contributed by atoms with E-state index in [9.17, 15) is 19.2 Å². The van der Waals surface area contributed by atoms with Gasteiger partial charge in [0.15, 0.2) is 11.6 Å². The lowest BCUT2D eigenvalue weighted by Crippen LogP contribution is -2.37. The van der Waals surface area contributed by atoms with Crippen LogP contribution in [0.2, 0.25) is 0 Å². The van der Waals surface area contributed by atoms with Crippen LogP contribution in [0.1, 0.15) is 55.3 Å². The lowest BCUT2D eigenvalue weighted by Gasteiger charge is -2.18. The number of benzene rings is 1. The van der Waals surface area contributed by atoms with Crippen molar-refractivity contribution in [1.82, 2.24) is 9.80 Å². The Morgan fingerprint density at radius 3 is 1.62 bits per heavy atom. The molecule has 2 amide bonds. The monoisotopic (exact) mass is 288 g/mol. The van der Waals surface area contributed by atoms with E-state index in [4.69, 9.17) is 0 Å². The van der Waals surface area contributed by atoms with Crippen molar-refractivity contribution in [3.63, 3.8) is 0 Å². The molecule has 1 aromatic rings. The molecule has 1 aliphatic rings. The minimum atomic E-state index is -0.443. The Morgan fingerprint density at radius 2 is 1.33 bits per heavy atom. The van der Waals surface area contributed by atoms with E-state index in [1.807, 2.05) is 0 Å². The average Bonchev–Trinajstić information content (AvgIpc) is 2.61. The summed E-state index contributed by atoms with van der Waals surface area (Å²) in [6, 6.07) is 2.70. The van der Waals surface area contributed by atoms with Gasteiger partial charge in [-0.3, -0.25) is 29.0 Å². The highest BCUT2D eigenvalue weighted by molar-refractivity contribution is 6.23. The van der Waals surface area contributed by atoms with Gasteiger partial charge >= 0.3 is 0 Å².